The molecule has 0 bridgehead atoms. The van der Waals surface area contributed by atoms with Gasteiger partial charge in [-0.15, -0.1) is 0 Å². The quantitative estimate of drug-likeness (QED) is 0.379. The first-order chi connectivity index (χ1) is 21.0. The van der Waals surface area contributed by atoms with Gasteiger partial charge in [-0.2, -0.15) is 15.2 Å². The molecule has 3 aliphatic rings. The van der Waals surface area contributed by atoms with Gasteiger partial charge in [0.15, 0.2) is 0 Å². The largest absolute Gasteiger partial charge is 0.462 e. The molecular formula is C34H41N7O2. The van der Waals surface area contributed by atoms with E-state index in [1.165, 1.54) is 34.5 Å². The molecule has 0 saturated carbocycles. The Morgan fingerprint density at radius 2 is 1.95 bits per heavy atom. The Bertz CT molecular complexity index is 1550. The van der Waals surface area contributed by atoms with Crippen LogP contribution in [0.25, 0.3) is 10.8 Å². The van der Waals surface area contributed by atoms with Crippen molar-refractivity contribution in [2.24, 2.45) is 0 Å². The lowest BCUT2D eigenvalue weighted by molar-refractivity contribution is -0.128. The highest BCUT2D eigenvalue weighted by Gasteiger charge is 2.33. The molecule has 2 aromatic carbocycles. The minimum absolute atomic E-state index is 0.132. The van der Waals surface area contributed by atoms with Crippen LogP contribution >= 0.6 is 0 Å². The van der Waals surface area contributed by atoms with Crippen LogP contribution in [0.5, 0.6) is 6.01 Å². The fourth-order valence-electron chi connectivity index (χ4n) is 6.99. The maximum atomic E-state index is 12.6. The molecule has 43 heavy (non-hydrogen) atoms. The van der Waals surface area contributed by atoms with Gasteiger partial charge in [0.2, 0.25) is 5.91 Å². The fourth-order valence-corrected chi connectivity index (χ4v) is 6.99. The summed E-state index contributed by atoms with van der Waals surface area (Å²) in [5.74, 6) is 0.747. The van der Waals surface area contributed by atoms with Crippen LogP contribution in [-0.2, 0) is 17.8 Å². The molecule has 4 heterocycles. The number of ether oxygens (including phenoxy) is 1. The molecule has 3 aliphatic heterocycles. The zero-order valence-corrected chi connectivity index (χ0v) is 25.3. The molecule has 0 radical (unpaired) electrons. The van der Waals surface area contributed by atoms with Crippen LogP contribution in [0.4, 0.5) is 11.5 Å². The van der Waals surface area contributed by atoms with E-state index < -0.39 is 0 Å². The van der Waals surface area contributed by atoms with E-state index in [9.17, 15) is 10.1 Å². The monoisotopic (exact) mass is 579 g/mol. The van der Waals surface area contributed by atoms with Gasteiger partial charge in [-0.3, -0.25) is 4.79 Å². The third-order valence-corrected chi connectivity index (χ3v) is 9.31. The normalized spacial score (nSPS) is 20.9. The van der Waals surface area contributed by atoms with E-state index in [0.29, 0.717) is 44.8 Å². The van der Waals surface area contributed by atoms with Crippen molar-refractivity contribution >= 4 is 28.2 Å². The number of anilines is 2. The molecule has 2 fully saturated rings. The van der Waals surface area contributed by atoms with Crippen LogP contribution in [0.3, 0.4) is 0 Å². The van der Waals surface area contributed by atoms with E-state index >= 15 is 0 Å². The van der Waals surface area contributed by atoms with Crippen molar-refractivity contribution in [2.45, 2.75) is 57.7 Å². The first-order valence-corrected chi connectivity index (χ1v) is 15.5. The lowest BCUT2D eigenvalue weighted by atomic mass is 10.0. The summed E-state index contributed by atoms with van der Waals surface area (Å²) in [6, 6.07) is 15.8. The minimum atomic E-state index is -0.230. The van der Waals surface area contributed by atoms with Gasteiger partial charge in [0.25, 0.3) is 0 Å². The summed E-state index contributed by atoms with van der Waals surface area (Å²) in [4.78, 5) is 31.5. The van der Waals surface area contributed by atoms with Crippen molar-refractivity contribution in [1.29, 1.82) is 5.26 Å². The number of aromatic nitrogens is 2. The number of carbonyl (C=O) groups excluding carboxylic acids is 1. The van der Waals surface area contributed by atoms with Crippen LogP contribution in [0.15, 0.2) is 49.1 Å². The summed E-state index contributed by atoms with van der Waals surface area (Å²) >= 11 is 0. The summed E-state index contributed by atoms with van der Waals surface area (Å²) in [5.41, 5.74) is 4.64. The maximum absolute atomic E-state index is 12.6. The standard InChI is InChI=1S/C34H41N7O2/c1-4-31(42)41-20-19-40(21-26(41)15-16-35)33-29-12-8-18-39(32-24(2)13-14-25-9-5-6-11-28(25)32)22-30(29)36-34(37-33)43-23-27-10-7-17-38(27)3/h4-6,9,11,13-14,26-27H,1,7-8,10,12,15,17-23H2,2-3H3/t26-,27-/m0/s1. The first kappa shape index (κ1) is 28.9. The summed E-state index contributed by atoms with van der Waals surface area (Å²) in [7, 11) is 2.15. The Labute approximate surface area is 254 Å². The van der Waals surface area contributed by atoms with Gasteiger partial charge in [0.1, 0.15) is 12.4 Å². The van der Waals surface area contributed by atoms with E-state index in [-0.39, 0.29) is 18.4 Å². The van der Waals surface area contributed by atoms with E-state index in [1.54, 1.807) is 4.90 Å². The molecule has 224 valence electrons. The number of aryl methyl sites for hydroxylation is 1. The van der Waals surface area contributed by atoms with Crippen molar-refractivity contribution in [1.82, 2.24) is 19.8 Å². The van der Waals surface area contributed by atoms with E-state index in [4.69, 9.17) is 14.7 Å². The van der Waals surface area contributed by atoms with Crippen LogP contribution in [0.2, 0.25) is 0 Å². The molecule has 0 spiro atoms. The highest BCUT2D eigenvalue weighted by molar-refractivity contribution is 5.96. The smallest absolute Gasteiger partial charge is 0.318 e. The third-order valence-electron chi connectivity index (χ3n) is 9.31. The Hall–Kier alpha value is -4.16. The number of carbonyl (C=O) groups is 1. The Morgan fingerprint density at radius 3 is 2.74 bits per heavy atom. The number of fused-ring (bicyclic) bond motifs is 2. The van der Waals surface area contributed by atoms with E-state index in [1.807, 2.05) is 0 Å². The number of piperazine rings is 1. The van der Waals surface area contributed by atoms with Crippen molar-refractivity contribution in [3.63, 3.8) is 0 Å². The van der Waals surface area contributed by atoms with Crippen molar-refractivity contribution in [3.8, 4) is 12.1 Å². The zero-order chi connectivity index (χ0) is 29.9. The van der Waals surface area contributed by atoms with Crippen molar-refractivity contribution in [2.75, 3.05) is 56.2 Å². The predicted molar refractivity (Wildman–Crippen MR) is 169 cm³/mol. The van der Waals surface area contributed by atoms with Gasteiger partial charge >= 0.3 is 6.01 Å². The molecule has 1 amide bonds. The highest BCUT2D eigenvalue weighted by atomic mass is 16.5. The molecule has 9 heteroatoms. The van der Waals surface area contributed by atoms with Gasteiger partial charge < -0.3 is 24.3 Å². The molecule has 1 aromatic heterocycles. The molecule has 9 nitrogen and oxygen atoms in total. The molecule has 0 N–H and O–H groups in total. The molecule has 0 aliphatic carbocycles. The van der Waals surface area contributed by atoms with Crippen LogP contribution in [-0.4, -0.2) is 84.1 Å². The van der Waals surface area contributed by atoms with Crippen LogP contribution in [0, 0.1) is 18.3 Å². The molecule has 3 aromatic rings. The van der Waals surface area contributed by atoms with E-state index in [2.05, 4.69) is 77.7 Å². The number of nitrogens with zero attached hydrogens (tertiary/aromatic N) is 7. The zero-order valence-electron chi connectivity index (χ0n) is 25.3. The Kier molecular flexibility index (Phi) is 8.48. The lowest BCUT2D eigenvalue weighted by Gasteiger charge is -2.41. The summed E-state index contributed by atoms with van der Waals surface area (Å²) in [5, 5.41) is 12.0. The van der Waals surface area contributed by atoms with Crippen LogP contribution < -0.4 is 14.5 Å². The summed E-state index contributed by atoms with van der Waals surface area (Å²) in [6.07, 6.45) is 5.70. The molecule has 6 rings (SSSR count). The number of amides is 1. The average Bonchev–Trinajstić information content (AvgIpc) is 3.31. The Balaban J connectivity index is 1.37. The molecule has 0 unspecified atom stereocenters. The number of likely N-dealkylation sites (tertiary alicyclic amines) is 1. The Morgan fingerprint density at radius 1 is 1.09 bits per heavy atom. The van der Waals surface area contributed by atoms with Crippen molar-refractivity contribution < 1.29 is 9.53 Å². The van der Waals surface area contributed by atoms with Gasteiger partial charge in [-0.25, -0.2) is 0 Å². The number of hydrogen-bond donors (Lipinski definition) is 0. The second-order valence-corrected chi connectivity index (χ2v) is 12.0. The van der Waals surface area contributed by atoms with E-state index in [0.717, 1.165) is 49.4 Å². The number of likely N-dealkylation sites (N-methyl/N-ethyl adjacent to an activating group) is 1. The average molecular weight is 580 g/mol. The highest BCUT2D eigenvalue weighted by Crippen LogP contribution is 2.36. The number of benzene rings is 2. The second-order valence-electron chi connectivity index (χ2n) is 12.0. The maximum Gasteiger partial charge on any atom is 0.318 e. The van der Waals surface area contributed by atoms with Crippen LogP contribution in [0.1, 0.15) is 42.5 Å². The summed E-state index contributed by atoms with van der Waals surface area (Å²) in [6.45, 7) is 10.7. The molecular weight excluding hydrogens is 538 g/mol. The number of nitriles is 1. The fraction of sp³-hybridized carbons (Fsp3) is 0.471. The SMILES string of the molecule is C=CC(=O)N1CCN(c2nc(OC[C@@H]3CCCN3C)nc3c2CCCN(c2c(C)ccc4ccccc24)C3)C[C@@H]1CC#N. The van der Waals surface area contributed by atoms with Gasteiger partial charge in [-0.05, 0) is 63.2 Å². The van der Waals surface area contributed by atoms with Gasteiger partial charge in [-0.1, -0.05) is 43.0 Å². The molecule has 2 saturated heterocycles. The van der Waals surface area contributed by atoms with Gasteiger partial charge in [0.05, 0.1) is 30.8 Å². The topological polar surface area (TPSA) is 88.8 Å². The minimum Gasteiger partial charge on any atom is -0.462 e. The van der Waals surface area contributed by atoms with Gasteiger partial charge in [0, 0.05) is 48.9 Å². The predicted octanol–water partition coefficient (Wildman–Crippen LogP) is 4.48. The number of hydrogen-bond acceptors (Lipinski definition) is 8. The lowest BCUT2D eigenvalue weighted by Crippen LogP contribution is -2.55. The third kappa shape index (κ3) is 5.89. The summed E-state index contributed by atoms with van der Waals surface area (Å²) < 4.78 is 6.35. The molecule has 2 atom stereocenters. The second kappa shape index (κ2) is 12.6. The van der Waals surface area contributed by atoms with Crippen molar-refractivity contribution in [3.05, 3.63) is 65.9 Å². The number of rotatable bonds is 7. The first-order valence-electron chi connectivity index (χ1n) is 15.5.